The molecule has 2 N–H and O–H groups in total. The van der Waals surface area contributed by atoms with E-state index in [1.165, 1.54) is 19.2 Å². The van der Waals surface area contributed by atoms with Crippen molar-refractivity contribution in [2.24, 2.45) is 5.73 Å². The second kappa shape index (κ2) is 9.96. The summed E-state index contributed by atoms with van der Waals surface area (Å²) in [5.74, 6) is 0. The van der Waals surface area contributed by atoms with E-state index in [9.17, 15) is 8.42 Å². The largest absolute Gasteiger partial charge is 0.381 e. The fourth-order valence-electron chi connectivity index (χ4n) is 1.77. The Labute approximate surface area is 137 Å². The molecule has 0 radical (unpaired) electrons. The molecule has 0 amide bonds. The average Bonchev–Trinajstić information content (AvgIpc) is 2.47. The van der Waals surface area contributed by atoms with E-state index in [1.807, 2.05) is 6.92 Å². The summed E-state index contributed by atoms with van der Waals surface area (Å²) < 4.78 is 44.3. The smallest absolute Gasteiger partial charge is 0.297 e. The Balaban J connectivity index is 2.25. The van der Waals surface area contributed by atoms with E-state index >= 15 is 0 Å². The first-order valence-corrected chi connectivity index (χ1v) is 8.70. The molecule has 2 atom stereocenters. The molecule has 0 bridgehead atoms. The van der Waals surface area contributed by atoms with Crippen LogP contribution >= 0.6 is 0 Å². The molecule has 23 heavy (non-hydrogen) atoms. The van der Waals surface area contributed by atoms with Crippen molar-refractivity contribution in [2.75, 3.05) is 33.5 Å². The molecule has 132 valence electrons. The lowest BCUT2D eigenvalue weighted by atomic mass is 10.2. The standard InChI is InChI=1S/C15H25NO6S/c1-12-4-6-14(7-5-12)23(17,18)21-9-8-20-10-13(2)22-15(16)11-19-3/h4-7,13,15H,8-11,16H2,1-3H3. The number of ether oxygens (including phenoxy) is 3. The van der Waals surface area contributed by atoms with E-state index in [0.29, 0.717) is 6.61 Å². The summed E-state index contributed by atoms with van der Waals surface area (Å²) in [7, 11) is -2.21. The first-order chi connectivity index (χ1) is 10.8. The summed E-state index contributed by atoms with van der Waals surface area (Å²) in [6.07, 6.45) is -0.745. The molecule has 1 aromatic carbocycles. The molecule has 0 aliphatic rings. The third-order valence-corrected chi connectivity index (χ3v) is 4.19. The molecule has 0 saturated heterocycles. The zero-order chi connectivity index (χ0) is 17.3. The van der Waals surface area contributed by atoms with Gasteiger partial charge in [-0.2, -0.15) is 8.42 Å². The van der Waals surface area contributed by atoms with Crippen molar-refractivity contribution in [3.05, 3.63) is 29.8 Å². The van der Waals surface area contributed by atoms with Crippen LogP contribution in [0.25, 0.3) is 0 Å². The van der Waals surface area contributed by atoms with E-state index in [4.69, 9.17) is 24.1 Å². The second-order valence-electron chi connectivity index (χ2n) is 5.10. The molecule has 0 heterocycles. The van der Waals surface area contributed by atoms with Crippen LogP contribution in [0.15, 0.2) is 29.2 Å². The van der Waals surface area contributed by atoms with Crippen molar-refractivity contribution < 1.29 is 26.8 Å². The molecule has 0 aromatic heterocycles. The third-order valence-electron chi connectivity index (χ3n) is 2.87. The van der Waals surface area contributed by atoms with Crippen LogP contribution in [0, 0.1) is 6.92 Å². The molecule has 2 unspecified atom stereocenters. The topological polar surface area (TPSA) is 97.1 Å². The van der Waals surface area contributed by atoms with Crippen molar-refractivity contribution in [2.45, 2.75) is 31.1 Å². The molecule has 1 rings (SSSR count). The van der Waals surface area contributed by atoms with Gasteiger partial charge in [-0.1, -0.05) is 17.7 Å². The Morgan fingerprint density at radius 3 is 2.39 bits per heavy atom. The van der Waals surface area contributed by atoms with Gasteiger partial charge in [0.15, 0.2) is 0 Å². The van der Waals surface area contributed by atoms with Gasteiger partial charge in [-0.25, -0.2) is 0 Å². The van der Waals surface area contributed by atoms with Gasteiger partial charge in [-0.15, -0.1) is 0 Å². The normalized spacial score (nSPS) is 14.6. The molecule has 0 fully saturated rings. The average molecular weight is 347 g/mol. The van der Waals surface area contributed by atoms with Gasteiger partial charge in [0.05, 0.1) is 37.4 Å². The fraction of sp³-hybridized carbons (Fsp3) is 0.600. The Morgan fingerprint density at radius 1 is 1.13 bits per heavy atom. The van der Waals surface area contributed by atoms with Crippen LogP contribution in [-0.4, -0.2) is 54.3 Å². The maximum Gasteiger partial charge on any atom is 0.297 e. The highest BCUT2D eigenvalue weighted by atomic mass is 32.2. The minimum atomic E-state index is -3.75. The summed E-state index contributed by atoms with van der Waals surface area (Å²) in [4.78, 5) is 0.130. The lowest BCUT2D eigenvalue weighted by Gasteiger charge is -2.18. The molecule has 0 saturated carbocycles. The first kappa shape index (κ1) is 20.0. The van der Waals surface area contributed by atoms with E-state index in [2.05, 4.69) is 0 Å². The van der Waals surface area contributed by atoms with Crippen LogP contribution < -0.4 is 5.73 Å². The number of benzene rings is 1. The maximum absolute atomic E-state index is 11.9. The lowest BCUT2D eigenvalue weighted by molar-refractivity contribution is -0.0711. The predicted octanol–water partition coefficient (Wildman–Crippen LogP) is 1.05. The van der Waals surface area contributed by atoms with Crippen LogP contribution in [-0.2, 0) is 28.5 Å². The monoisotopic (exact) mass is 347 g/mol. The number of methoxy groups -OCH3 is 1. The van der Waals surface area contributed by atoms with Crippen molar-refractivity contribution in [1.82, 2.24) is 0 Å². The Bertz CT molecular complexity index is 546. The van der Waals surface area contributed by atoms with E-state index in [1.54, 1.807) is 19.1 Å². The van der Waals surface area contributed by atoms with Gasteiger partial charge in [0.25, 0.3) is 10.1 Å². The predicted molar refractivity (Wildman–Crippen MR) is 85.5 cm³/mol. The maximum atomic E-state index is 11.9. The first-order valence-electron chi connectivity index (χ1n) is 7.29. The molecule has 1 aromatic rings. The molecular formula is C15H25NO6S. The van der Waals surface area contributed by atoms with Crippen LogP contribution in [0.2, 0.25) is 0 Å². The van der Waals surface area contributed by atoms with Crippen molar-refractivity contribution in [3.63, 3.8) is 0 Å². The van der Waals surface area contributed by atoms with Gasteiger partial charge in [0.1, 0.15) is 6.23 Å². The van der Waals surface area contributed by atoms with E-state index < -0.39 is 16.3 Å². The van der Waals surface area contributed by atoms with Gasteiger partial charge in [0.2, 0.25) is 0 Å². The Morgan fingerprint density at radius 2 is 1.78 bits per heavy atom. The molecule has 0 aliphatic carbocycles. The van der Waals surface area contributed by atoms with Gasteiger partial charge in [-0.3, -0.25) is 4.18 Å². The molecule has 8 heteroatoms. The third kappa shape index (κ3) is 7.87. The highest BCUT2D eigenvalue weighted by Crippen LogP contribution is 2.12. The number of hydrogen-bond acceptors (Lipinski definition) is 7. The van der Waals surface area contributed by atoms with Crippen molar-refractivity contribution >= 4 is 10.1 Å². The number of aryl methyl sites for hydroxylation is 1. The van der Waals surface area contributed by atoms with E-state index in [-0.39, 0.29) is 30.8 Å². The Hall–Kier alpha value is -1.03. The van der Waals surface area contributed by atoms with Crippen molar-refractivity contribution in [1.29, 1.82) is 0 Å². The van der Waals surface area contributed by atoms with Crippen LogP contribution in [0.1, 0.15) is 12.5 Å². The number of nitrogens with two attached hydrogens (primary N) is 1. The zero-order valence-corrected chi connectivity index (χ0v) is 14.5. The van der Waals surface area contributed by atoms with Crippen molar-refractivity contribution in [3.8, 4) is 0 Å². The summed E-state index contributed by atoms with van der Waals surface area (Å²) in [6, 6.07) is 6.46. The summed E-state index contributed by atoms with van der Waals surface area (Å²) in [5, 5.41) is 0. The molecule has 7 nitrogen and oxygen atoms in total. The van der Waals surface area contributed by atoms with Crippen LogP contribution in [0.4, 0.5) is 0 Å². The quantitative estimate of drug-likeness (QED) is 0.363. The zero-order valence-electron chi connectivity index (χ0n) is 13.7. The summed E-state index contributed by atoms with van der Waals surface area (Å²) >= 11 is 0. The molecule has 0 aliphatic heterocycles. The minimum Gasteiger partial charge on any atom is -0.381 e. The van der Waals surface area contributed by atoms with Gasteiger partial charge >= 0.3 is 0 Å². The van der Waals surface area contributed by atoms with Gasteiger partial charge in [0, 0.05) is 7.11 Å². The fourth-order valence-corrected chi connectivity index (χ4v) is 2.66. The molecule has 0 spiro atoms. The summed E-state index contributed by atoms with van der Waals surface area (Å²) in [6.45, 7) is 4.34. The highest BCUT2D eigenvalue weighted by molar-refractivity contribution is 7.86. The van der Waals surface area contributed by atoms with Gasteiger partial charge < -0.3 is 19.9 Å². The van der Waals surface area contributed by atoms with Gasteiger partial charge in [-0.05, 0) is 26.0 Å². The SMILES string of the molecule is COCC(N)OC(C)COCCOS(=O)(=O)c1ccc(C)cc1. The highest BCUT2D eigenvalue weighted by Gasteiger charge is 2.15. The minimum absolute atomic E-state index is 0.0624. The number of rotatable bonds is 11. The summed E-state index contributed by atoms with van der Waals surface area (Å²) in [5.41, 5.74) is 6.62. The van der Waals surface area contributed by atoms with Crippen LogP contribution in [0.3, 0.4) is 0 Å². The molecular weight excluding hydrogens is 322 g/mol. The van der Waals surface area contributed by atoms with Crippen LogP contribution in [0.5, 0.6) is 0 Å². The Kier molecular flexibility index (Phi) is 8.67. The second-order valence-corrected chi connectivity index (χ2v) is 6.72. The van der Waals surface area contributed by atoms with E-state index in [0.717, 1.165) is 5.56 Å². The lowest BCUT2D eigenvalue weighted by Crippen LogP contribution is -2.34. The number of hydrogen-bond donors (Lipinski definition) is 1.